The van der Waals surface area contributed by atoms with Crippen LogP contribution in [0, 0.1) is 5.92 Å². The van der Waals surface area contributed by atoms with E-state index in [1.807, 2.05) is 38.1 Å². The van der Waals surface area contributed by atoms with Gasteiger partial charge in [0.25, 0.3) is 0 Å². The molecule has 0 saturated heterocycles. The van der Waals surface area contributed by atoms with Gasteiger partial charge in [0.05, 0.1) is 12.5 Å². The Kier molecular flexibility index (Phi) is 4.83. The highest BCUT2D eigenvalue weighted by Crippen LogP contribution is 2.31. The second-order valence-electron chi connectivity index (χ2n) is 5.91. The molecule has 1 heterocycles. The lowest BCUT2D eigenvalue weighted by molar-refractivity contribution is -0.135. The fourth-order valence-corrected chi connectivity index (χ4v) is 2.44. The van der Waals surface area contributed by atoms with Crippen LogP contribution in [0.5, 0.6) is 0 Å². The zero-order valence-electron chi connectivity index (χ0n) is 12.8. The van der Waals surface area contributed by atoms with Crippen molar-refractivity contribution in [3.8, 4) is 0 Å². The average Bonchev–Trinajstić information content (AvgIpc) is 2.88. The van der Waals surface area contributed by atoms with Gasteiger partial charge in [-0.1, -0.05) is 32.0 Å². The average molecular weight is 289 g/mol. The Hall–Kier alpha value is -2.04. The van der Waals surface area contributed by atoms with E-state index in [9.17, 15) is 9.59 Å². The molecule has 5 heteroatoms. The zero-order valence-corrected chi connectivity index (χ0v) is 12.8. The Labute approximate surface area is 125 Å². The maximum absolute atomic E-state index is 12.5. The van der Waals surface area contributed by atoms with Gasteiger partial charge in [0.2, 0.25) is 11.8 Å². The molecule has 0 aliphatic carbocycles. The van der Waals surface area contributed by atoms with Crippen LogP contribution in [0.3, 0.4) is 0 Å². The van der Waals surface area contributed by atoms with Crippen LogP contribution in [-0.2, 0) is 9.59 Å². The topological polar surface area (TPSA) is 61.4 Å². The van der Waals surface area contributed by atoms with Crippen molar-refractivity contribution < 1.29 is 9.59 Å². The number of nitrogens with one attached hydrogen (secondary N) is 2. The summed E-state index contributed by atoms with van der Waals surface area (Å²) in [5, 5.41) is 6.06. The number of fused-ring (bicyclic) bond motifs is 1. The third-order valence-electron chi connectivity index (χ3n) is 3.60. The Morgan fingerprint density at radius 3 is 2.81 bits per heavy atom. The first kappa shape index (κ1) is 15.4. The molecule has 1 aromatic rings. The SMILES string of the molecule is CC(C)CNC(=O)CN(C)C(=O)C1CNc2ccccc21. The minimum Gasteiger partial charge on any atom is -0.384 e. The molecule has 21 heavy (non-hydrogen) atoms. The second-order valence-corrected chi connectivity index (χ2v) is 5.91. The second kappa shape index (κ2) is 6.61. The molecular formula is C16H23N3O2. The standard InChI is InChI=1S/C16H23N3O2/c1-11(2)8-18-15(20)10-19(3)16(21)13-9-17-14-7-5-4-6-12(13)14/h4-7,11,13,17H,8-10H2,1-3H3,(H,18,20). The molecule has 114 valence electrons. The molecule has 1 unspecified atom stereocenters. The molecule has 0 fully saturated rings. The predicted octanol–water partition coefficient (Wildman–Crippen LogP) is 1.43. The first-order valence-corrected chi connectivity index (χ1v) is 7.33. The Bertz CT molecular complexity index is 528. The van der Waals surface area contributed by atoms with Gasteiger partial charge in [0.15, 0.2) is 0 Å². The first-order valence-electron chi connectivity index (χ1n) is 7.33. The van der Waals surface area contributed by atoms with Gasteiger partial charge < -0.3 is 15.5 Å². The molecule has 1 atom stereocenters. The third kappa shape index (κ3) is 3.74. The minimum absolute atomic E-state index is 0.0212. The highest BCUT2D eigenvalue weighted by molar-refractivity contribution is 5.91. The van der Waals surface area contributed by atoms with Crippen LogP contribution in [0.15, 0.2) is 24.3 Å². The summed E-state index contributed by atoms with van der Waals surface area (Å²) in [7, 11) is 1.68. The molecule has 1 aliphatic heterocycles. The van der Waals surface area contributed by atoms with Crippen molar-refractivity contribution in [3.05, 3.63) is 29.8 Å². The lowest BCUT2D eigenvalue weighted by atomic mass is 10.00. The summed E-state index contributed by atoms with van der Waals surface area (Å²) in [6.45, 7) is 5.40. The van der Waals surface area contributed by atoms with Gasteiger partial charge >= 0.3 is 0 Å². The normalized spacial score (nSPS) is 16.3. The number of benzene rings is 1. The van der Waals surface area contributed by atoms with E-state index >= 15 is 0 Å². The van der Waals surface area contributed by atoms with Crippen LogP contribution < -0.4 is 10.6 Å². The van der Waals surface area contributed by atoms with Crippen LogP contribution >= 0.6 is 0 Å². The molecule has 2 N–H and O–H groups in total. The van der Waals surface area contributed by atoms with Gasteiger partial charge in [-0.2, -0.15) is 0 Å². The lowest BCUT2D eigenvalue weighted by Gasteiger charge is -2.21. The number of carbonyl (C=O) groups is 2. The van der Waals surface area contributed by atoms with Crippen molar-refractivity contribution in [2.75, 3.05) is 32.0 Å². The number of hydrogen-bond acceptors (Lipinski definition) is 3. The summed E-state index contributed by atoms with van der Waals surface area (Å²) >= 11 is 0. The molecule has 0 saturated carbocycles. The van der Waals surface area contributed by atoms with E-state index in [0.29, 0.717) is 19.0 Å². The summed E-state index contributed by atoms with van der Waals surface area (Å²) in [5.74, 6) is 0.0657. The van der Waals surface area contributed by atoms with Crippen LogP contribution in [0.25, 0.3) is 0 Å². The quantitative estimate of drug-likeness (QED) is 0.862. The number of para-hydroxylation sites is 1. The molecular weight excluding hydrogens is 266 g/mol. The van der Waals surface area contributed by atoms with Gasteiger partial charge in [-0.25, -0.2) is 0 Å². The van der Waals surface area contributed by atoms with Crippen molar-refractivity contribution in [3.63, 3.8) is 0 Å². The molecule has 2 amide bonds. The lowest BCUT2D eigenvalue weighted by Crippen LogP contribution is -2.41. The smallest absolute Gasteiger partial charge is 0.239 e. The monoisotopic (exact) mass is 289 g/mol. The molecule has 5 nitrogen and oxygen atoms in total. The summed E-state index contributed by atoms with van der Waals surface area (Å²) in [6, 6.07) is 7.81. The first-order chi connectivity index (χ1) is 9.99. The van der Waals surface area contributed by atoms with Crippen LogP contribution in [0.2, 0.25) is 0 Å². The number of nitrogens with zero attached hydrogens (tertiary/aromatic N) is 1. The van der Waals surface area contributed by atoms with Crippen molar-refractivity contribution >= 4 is 17.5 Å². The van der Waals surface area contributed by atoms with E-state index in [2.05, 4.69) is 10.6 Å². The maximum Gasteiger partial charge on any atom is 0.239 e. The van der Waals surface area contributed by atoms with Gasteiger partial charge in [-0.3, -0.25) is 9.59 Å². The van der Waals surface area contributed by atoms with Crippen molar-refractivity contribution in [2.24, 2.45) is 5.92 Å². The summed E-state index contributed by atoms with van der Waals surface area (Å²) in [5.41, 5.74) is 2.02. The number of hydrogen-bond donors (Lipinski definition) is 2. The number of amides is 2. The minimum atomic E-state index is -0.205. The molecule has 0 radical (unpaired) electrons. The summed E-state index contributed by atoms with van der Waals surface area (Å²) < 4.78 is 0. The van der Waals surface area contributed by atoms with E-state index in [1.165, 1.54) is 4.90 Å². The third-order valence-corrected chi connectivity index (χ3v) is 3.60. The van der Waals surface area contributed by atoms with Crippen LogP contribution in [-0.4, -0.2) is 43.4 Å². The summed E-state index contributed by atoms with van der Waals surface area (Å²) in [4.78, 5) is 25.8. The fraction of sp³-hybridized carbons (Fsp3) is 0.500. The fourth-order valence-electron chi connectivity index (χ4n) is 2.44. The number of anilines is 1. The van der Waals surface area contributed by atoms with Gasteiger partial charge in [-0.15, -0.1) is 0 Å². The van der Waals surface area contributed by atoms with Crippen LogP contribution in [0.1, 0.15) is 25.3 Å². The largest absolute Gasteiger partial charge is 0.384 e. The zero-order chi connectivity index (χ0) is 15.4. The highest BCUT2D eigenvalue weighted by Gasteiger charge is 2.30. The molecule has 1 aromatic carbocycles. The van der Waals surface area contributed by atoms with Gasteiger partial charge in [0.1, 0.15) is 0 Å². The van der Waals surface area contributed by atoms with Crippen molar-refractivity contribution in [1.29, 1.82) is 0 Å². The van der Waals surface area contributed by atoms with E-state index < -0.39 is 0 Å². The number of likely N-dealkylation sites (N-methyl/N-ethyl adjacent to an activating group) is 1. The molecule has 0 bridgehead atoms. The number of rotatable bonds is 5. The van der Waals surface area contributed by atoms with E-state index in [1.54, 1.807) is 7.05 Å². The van der Waals surface area contributed by atoms with Crippen LogP contribution in [0.4, 0.5) is 5.69 Å². The highest BCUT2D eigenvalue weighted by atomic mass is 16.2. The molecule has 1 aliphatic rings. The number of carbonyl (C=O) groups excluding carboxylic acids is 2. The van der Waals surface area contributed by atoms with E-state index in [0.717, 1.165) is 11.3 Å². The molecule has 0 spiro atoms. The molecule has 0 aromatic heterocycles. The summed E-state index contributed by atoms with van der Waals surface area (Å²) in [6.07, 6.45) is 0. The molecule has 2 rings (SSSR count). The Morgan fingerprint density at radius 1 is 1.38 bits per heavy atom. The van der Waals surface area contributed by atoms with E-state index in [4.69, 9.17) is 0 Å². The predicted molar refractivity (Wildman–Crippen MR) is 83.2 cm³/mol. The van der Waals surface area contributed by atoms with E-state index in [-0.39, 0.29) is 24.3 Å². The van der Waals surface area contributed by atoms with Gasteiger partial charge in [0, 0.05) is 25.8 Å². The van der Waals surface area contributed by atoms with Gasteiger partial charge in [-0.05, 0) is 17.5 Å². The van der Waals surface area contributed by atoms with Crippen molar-refractivity contribution in [2.45, 2.75) is 19.8 Å². The maximum atomic E-state index is 12.5. The Balaban J connectivity index is 1.93. The van der Waals surface area contributed by atoms with Crippen molar-refractivity contribution in [1.82, 2.24) is 10.2 Å². The Morgan fingerprint density at radius 2 is 2.10 bits per heavy atom.